The predicted molar refractivity (Wildman–Crippen MR) is 84.7 cm³/mol. The van der Waals surface area contributed by atoms with Gasteiger partial charge in [-0.2, -0.15) is 0 Å². The second-order valence-electron chi connectivity index (χ2n) is 3.96. The van der Waals surface area contributed by atoms with Crippen LogP contribution in [0.3, 0.4) is 0 Å². The second-order valence-corrected chi connectivity index (χ2v) is 4.85. The molecule has 0 unspecified atom stereocenters. The molecule has 92 valence electrons. The van der Waals surface area contributed by atoms with E-state index in [1.54, 1.807) is 0 Å². The normalized spacial score (nSPS) is 9.89. The van der Waals surface area contributed by atoms with Crippen molar-refractivity contribution in [1.82, 2.24) is 0 Å². The van der Waals surface area contributed by atoms with Gasteiger partial charge in [0.2, 0.25) is 0 Å². The fraction of sp³-hybridized carbons (Fsp3) is 0.0714. The van der Waals surface area contributed by atoms with Gasteiger partial charge in [0.15, 0.2) is 5.11 Å². The van der Waals surface area contributed by atoms with Gasteiger partial charge < -0.3 is 10.6 Å². The number of aryl methyl sites for hydroxylation is 1. The summed E-state index contributed by atoms with van der Waals surface area (Å²) in [5, 5.41) is 6.80. The largest absolute Gasteiger partial charge is 0.332 e. The van der Waals surface area contributed by atoms with Crippen LogP contribution in [0.15, 0.2) is 53.4 Å². The average molecular weight is 274 g/mol. The van der Waals surface area contributed by atoms with Crippen LogP contribution < -0.4 is 10.6 Å². The van der Waals surface area contributed by atoms with E-state index in [-0.39, 0.29) is 0 Å². The molecule has 0 aliphatic rings. The lowest BCUT2D eigenvalue weighted by Crippen LogP contribution is -2.19. The lowest BCUT2D eigenvalue weighted by Gasteiger charge is -2.12. The van der Waals surface area contributed by atoms with Gasteiger partial charge >= 0.3 is 0 Å². The van der Waals surface area contributed by atoms with E-state index in [1.807, 2.05) is 48.5 Å². The van der Waals surface area contributed by atoms with Crippen molar-refractivity contribution in [1.29, 1.82) is 0 Å². The first-order valence-electron chi connectivity index (χ1n) is 5.58. The topological polar surface area (TPSA) is 24.1 Å². The van der Waals surface area contributed by atoms with Crippen LogP contribution >= 0.6 is 24.8 Å². The summed E-state index contributed by atoms with van der Waals surface area (Å²) in [7, 11) is 0. The molecule has 0 aliphatic heterocycles. The quantitative estimate of drug-likeness (QED) is 0.568. The van der Waals surface area contributed by atoms with Gasteiger partial charge in [0, 0.05) is 10.6 Å². The van der Waals surface area contributed by atoms with Crippen molar-refractivity contribution in [3.05, 3.63) is 54.1 Å². The monoisotopic (exact) mass is 274 g/mol. The number of nitrogens with one attached hydrogen (secondary N) is 2. The summed E-state index contributed by atoms with van der Waals surface area (Å²) < 4.78 is 0. The van der Waals surface area contributed by atoms with Crippen molar-refractivity contribution in [2.45, 2.75) is 11.8 Å². The Hall–Kier alpha value is -1.52. The van der Waals surface area contributed by atoms with Crippen molar-refractivity contribution < 1.29 is 0 Å². The maximum absolute atomic E-state index is 5.25. The van der Waals surface area contributed by atoms with Crippen LogP contribution in [0.4, 0.5) is 11.4 Å². The molecule has 0 bridgehead atoms. The van der Waals surface area contributed by atoms with E-state index < -0.39 is 0 Å². The summed E-state index contributed by atoms with van der Waals surface area (Å²) in [5.74, 6) is 0. The van der Waals surface area contributed by atoms with Gasteiger partial charge in [-0.25, -0.2) is 0 Å². The molecule has 2 rings (SSSR count). The summed E-state index contributed by atoms with van der Waals surface area (Å²) in [4.78, 5) is 0.866. The number of para-hydroxylation sites is 1. The van der Waals surface area contributed by atoms with Crippen LogP contribution in [0.25, 0.3) is 0 Å². The molecule has 0 atom stereocenters. The Bertz CT molecular complexity index is 550. The van der Waals surface area contributed by atoms with Crippen LogP contribution in [0, 0.1) is 6.92 Å². The highest BCUT2D eigenvalue weighted by Gasteiger charge is 2.01. The summed E-state index contributed by atoms with van der Waals surface area (Å²) >= 11 is 9.62. The number of hydrogen-bond acceptors (Lipinski definition) is 2. The van der Waals surface area contributed by atoms with Crippen molar-refractivity contribution in [2.24, 2.45) is 0 Å². The third kappa shape index (κ3) is 3.48. The van der Waals surface area contributed by atoms with Crippen molar-refractivity contribution >= 4 is 41.3 Å². The fourth-order valence-corrected chi connectivity index (χ4v) is 1.95. The minimum Gasteiger partial charge on any atom is -0.332 e. The molecule has 0 aliphatic carbocycles. The van der Waals surface area contributed by atoms with Gasteiger partial charge in [-0.1, -0.05) is 29.8 Å². The molecule has 0 heterocycles. The van der Waals surface area contributed by atoms with Crippen molar-refractivity contribution in [3.63, 3.8) is 0 Å². The van der Waals surface area contributed by atoms with E-state index in [9.17, 15) is 0 Å². The van der Waals surface area contributed by atoms with E-state index in [4.69, 9.17) is 12.2 Å². The van der Waals surface area contributed by atoms with Crippen molar-refractivity contribution in [2.75, 3.05) is 10.6 Å². The molecule has 2 nitrogen and oxygen atoms in total. The number of rotatable bonds is 2. The van der Waals surface area contributed by atoms with Gasteiger partial charge in [0.1, 0.15) is 0 Å². The van der Waals surface area contributed by atoms with Crippen LogP contribution in [0.5, 0.6) is 0 Å². The fourth-order valence-electron chi connectivity index (χ4n) is 1.50. The van der Waals surface area contributed by atoms with Crippen LogP contribution in [-0.2, 0) is 0 Å². The molecule has 2 N–H and O–H groups in total. The molecule has 2 aromatic rings. The zero-order valence-corrected chi connectivity index (χ0v) is 11.7. The number of benzene rings is 2. The number of anilines is 2. The molecule has 0 radical (unpaired) electrons. The molecule has 0 fully saturated rings. The number of thiocarbonyl (C=S) groups is 1. The third-order valence-electron chi connectivity index (χ3n) is 2.46. The first-order chi connectivity index (χ1) is 8.65. The summed E-state index contributed by atoms with van der Waals surface area (Å²) in [6.45, 7) is 2.05. The number of thiol groups is 1. The smallest absolute Gasteiger partial charge is 0.175 e. The Morgan fingerprint density at radius 1 is 1.00 bits per heavy atom. The highest BCUT2D eigenvalue weighted by Crippen LogP contribution is 2.19. The first kappa shape index (κ1) is 12.9. The van der Waals surface area contributed by atoms with Gasteiger partial charge in [0.05, 0.1) is 5.69 Å². The molecule has 0 spiro atoms. The Morgan fingerprint density at radius 2 is 1.67 bits per heavy atom. The molecule has 0 aromatic heterocycles. The first-order valence-corrected chi connectivity index (χ1v) is 6.43. The van der Waals surface area contributed by atoms with E-state index in [2.05, 4.69) is 30.2 Å². The molecule has 0 saturated carbocycles. The van der Waals surface area contributed by atoms with E-state index in [0.29, 0.717) is 5.11 Å². The highest BCUT2D eigenvalue weighted by molar-refractivity contribution is 7.81. The Morgan fingerprint density at radius 3 is 2.33 bits per heavy atom. The van der Waals surface area contributed by atoms with Gasteiger partial charge in [-0.3, -0.25) is 0 Å². The summed E-state index contributed by atoms with van der Waals surface area (Å²) in [5.41, 5.74) is 3.08. The van der Waals surface area contributed by atoms with Crippen molar-refractivity contribution in [3.8, 4) is 0 Å². The summed E-state index contributed by atoms with van der Waals surface area (Å²) in [6, 6.07) is 15.8. The predicted octanol–water partition coefficient (Wildman–Crippen LogP) is 4.09. The van der Waals surface area contributed by atoms with Gasteiger partial charge in [-0.15, -0.1) is 12.6 Å². The Balaban J connectivity index is 2.01. The van der Waals surface area contributed by atoms with Gasteiger partial charge in [-0.05, 0) is 43.4 Å². The molecule has 18 heavy (non-hydrogen) atoms. The van der Waals surface area contributed by atoms with E-state index in [0.717, 1.165) is 16.3 Å². The molecule has 4 heteroatoms. The lowest BCUT2D eigenvalue weighted by atomic mass is 10.2. The maximum Gasteiger partial charge on any atom is 0.175 e. The van der Waals surface area contributed by atoms with E-state index >= 15 is 0 Å². The molecular weight excluding hydrogens is 260 g/mol. The van der Waals surface area contributed by atoms with Crippen LogP contribution in [0.2, 0.25) is 0 Å². The Kier molecular flexibility index (Phi) is 4.23. The summed E-state index contributed by atoms with van der Waals surface area (Å²) in [6.07, 6.45) is 0. The molecule has 2 aromatic carbocycles. The lowest BCUT2D eigenvalue weighted by molar-refractivity contribution is 1.44. The zero-order valence-electron chi connectivity index (χ0n) is 9.97. The van der Waals surface area contributed by atoms with Crippen LogP contribution in [0.1, 0.15) is 5.56 Å². The standard InChI is InChI=1S/C14H14N2S2/c1-10-6-8-11(9-7-10)15-14(18)16-12-4-2-3-5-13(12)17/h2-9,17H,1H3,(H2,15,16,18). The minimum atomic E-state index is 0.556. The molecule has 0 amide bonds. The minimum absolute atomic E-state index is 0.556. The second kappa shape index (κ2) is 5.89. The molecular formula is C14H14N2S2. The third-order valence-corrected chi connectivity index (χ3v) is 3.06. The maximum atomic E-state index is 5.25. The Labute approximate surface area is 118 Å². The van der Waals surface area contributed by atoms with E-state index in [1.165, 1.54) is 5.56 Å². The van der Waals surface area contributed by atoms with Crippen LogP contribution in [-0.4, -0.2) is 5.11 Å². The molecule has 0 saturated heterocycles. The van der Waals surface area contributed by atoms with Gasteiger partial charge in [0.25, 0.3) is 0 Å². The average Bonchev–Trinajstić information content (AvgIpc) is 2.35. The highest BCUT2D eigenvalue weighted by atomic mass is 32.1. The zero-order chi connectivity index (χ0) is 13.0. The SMILES string of the molecule is Cc1ccc(NC(=S)Nc2ccccc2S)cc1. The number of hydrogen-bond donors (Lipinski definition) is 3.